The first-order valence-corrected chi connectivity index (χ1v) is 11.5. The monoisotopic (exact) mass is 433 g/mol. The zero-order valence-corrected chi connectivity index (χ0v) is 18.7. The quantitative estimate of drug-likeness (QED) is 0.681. The summed E-state index contributed by atoms with van der Waals surface area (Å²) in [5, 5.41) is 9.92. The van der Waals surface area contributed by atoms with Crippen LogP contribution in [0.2, 0.25) is 0 Å². The smallest absolute Gasteiger partial charge is 0.327 e. The van der Waals surface area contributed by atoms with E-state index >= 15 is 0 Å². The normalized spacial score (nSPS) is 24.7. The lowest BCUT2D eigenvalue weighted by Gasteiger charge is -2.36. The number of allylic oxidation sites excluding steroid dienone is 3. The summed E-state index contributed by atoms with van der Waals surface area (Å²) in [6.07, 6.45) is 10.6. The van der Waals surface area contributed by atoms with Crippen LogP contribution in [0.4, 0.5) is 10.5 Å². The number of nitrogens with zero attached hydrogens (tertiary/aromatic N) is 2. The summed E-state index contributed by atoms with van der Waals surface area (Å²) >= 11 is 0. The number of rotatable bonds is 3. The number of benzene rings is 1. The molecule has 2 amide bonds. The fourth-order valence-corrected chi connectivity index (χ4v) is 4.76. The molecule has 32 heavy (non-hydrogen) atoms. The minimum absolute atomic E-state index is 0.0199. The van der Waals surface area contributed by atoms with Crippen LogP contribution < -0.4 is 20.9 Å². The molecule has 5 rings (SSSR count). The van der Waals surface area contributed by atoms with Crippen LogP contribution in [0.3, 0.4) is 0 Å². The fraction of sp³-hybridized carbons (Fsp3) is 0.400. The van der Waals surface area contributed by atoms with Crippen LogP contribution >= 0.6 is 0 Å². The molecular weight excluding hydrogens is 402 g/mol. The van der Waals surface area contributed by atoms with Crippen LogP contribution in [0.15, 0.2) is 71.5 Å². The maximum atomic E-state index is 13.2. The lowest BCUT2D eigenvalue weighted by molar-refractivity contribution is 0.132. The van der Waals surface area contributed by atoms with Crippen molar-refractivity contribution in [3.8, 4) is 0 Å². The van der Waals surface area contributed by atoms with Gasteiger partial charge in [-0.2, -0.15) is 0 Å². The molecule has 0 bridgehead atoms. The third-order valence-electron chi connectivity index (χ3n) is 6.26. The number of amides is 2. The van der Waals surface area contributed by atoms with E-state index in [1.165, 1.54) is 24.1 Å². The molecule has 0 saturated carbocycles. The van der Waals surface area contributed by atoms with Crippen molar-refractivity contribution < 1.29 is 9.53 Å². The Kier molecular flexibility index (Phi) is 5.55. The lowest BCUT2D eigenvalue weighted by atomic mass is 10.0. The van der Waals surface area contributed by atoms with Gasteiger partial charge in [-0.05, 0) is 62.6 Å². The standard InChI is InChI=1S/C25H31N5O2/c1-17-14-20(15-18(2)26-17)27-25(31)30-12-13-32-23-9-8-22(28-24(23)30)19-6-5-7-21(16-19)29-10-3-4-11-29/h5-9,14-17,22,26,28H,3-4,10-13H2,1-2H3,(H,27,31). The van der Waals surface area contributed by atoms with E-state index in [-0.39, 0.29) is 18.1 Å². The van der Waals surface area contributed by atoms with Crippen LogP contribution in [0.25, 0.3) is 0 Å². The minimum Gasteiger partial charge on any atom is -0.488 e. The van der Waals surface area contributed by atoms with Crippen molar-refractivity contribution in [2.24, 2.45) is 0 Å². The van der Waals surface area contributed by atoms with E-state index in [9.17, 15) is 4.79 Å². The molecule has 0 spiro atoms. The summed E-state index contributed by atoms with van der Waals surface area (Å²) < 4.78 is 5.84. The van der Waals surface area contributed by atoms with Crippen LogP contribution in [0.1, 0.15) is 38.3 Å². The zero-order valence-electron chi connectivity index (χ0n) is 18.7. The molecule has 168 valence electrons. The Morgan fingerprint density at radius 3 is 2.84 bits per heavy atom. The zero-order chi connectivity index (χ0) is 22.1. The van der Waals surface area contributed by atoms with E-state index in [1.807, 2.05) is 25.2 Å². The molecule has 7 heteroatoms. The first-order chi connectivity index (χ1) is 15.6. The molecule has 4 aliphatic rings. The summed E-state index contributed by atoms with van der Waals surface area (Å²) in [7, 11) is 0. The van der Waals surface area contributed by atoms with Crippen LogP contribution in [0.5, 0.6) is 0 Å². The summed E-state index contributed by atoms with van der Waals surface area (Å²) in [5.74, 6) is 1.42. The van der Waals surface area contributed by atoms with Crippen LogP contribution in [-0.4, -0.2) is 43.2 Å². The number of urea groups is 1. The second kappa shape index (κ2) is 8.65. The van der Waals surface area contributed by atoms with Gasteiger partial charge < -0.3 is 25.6 Å². The summed E-state index contributed by atoms with van der Waals surface area (Å²) in [4.78, 5) is 17.4. The second-order valence-corrected chi connectivity index (χ2v) is 8.80. The molecular formula is C25H31N5O2. The fourth-order valence-electron chi connectivity index (χ4n) is 4.76. The van der Waals surface area contributed by atoms with E-state index in [0.717, 1.165) is 30.3 Å². The SMILES string of the molecule is CC1=CC(NC(=O)N2CCOC3=C2NC(c2cccc(N4CCCC4)c2)C=C3)=CC(C)N1. The van der Waals surface area contributed by atoms with Gasteiger partial charge in [-0.15, -0.1) is 0 Å². The van der Waals surface area contributed by atoms with E-state index in [1.54, 1.807) is 4.90 Å². The Labute approximate surface area is 189 Å². The third-order valence-corrected chi connectivity index (χ3v) is 6.26. The highest BCUT2D eigenvalue weighted by Gasteiger charge is 2.30. The van der Waals surface area contributed by atoms with Gasteiger partial charge in [0, 0.05) is 36.2 Å². The highest BCUT2D eigenvalue weighted by molar-refractivity contribution is 5.79. The number of anilines is 1. The topological polar surface area (TPSA) is 68.9 Å². The van der Waals surface area contributed by atoms with E-state index in [2.05, 4.69) is 58.1 Å². The molecule has 3 N–H and O–H groups in total. The molecule has 1 saturated heterocycles. The highest BCUT2D eigenvalue weighted by atomic mass is 16.5. The molecule has 0 aromatic heterocycles. The molecule has 0 aliphatic carbocycles. The van der Waals surface area contributed by atoms with Crippen molar-refractivity contribution >= 4 is 11.7 Å². The first-order valence-electron chi connectivity index (χ1n) is 11.5. The molecule has 4 heterocycles. The Balaban J connectivity index is 1.33. The van der Waals surface area contributed by atoms with Gasteiger partial charge in [0.25, 0.3) is 0 Å². The van der Waals surface area contributed by atoms with Gasteiger partial charge in [-0.3, -0.25) is 4.90 Å². The second-order valence-electron chi connectivity index (χ2n) is 8.80. The van der Waals surface area contributed by atoms with Gasteiger partial charge >= 0.3 is 6.03 Å². The van der Waals surface area contributed by atoms with Gasteiger partial charge in [0.05, 0.1) is 12.6 Å². The summed E-state index contributed by atoms with van der Waals surface area (Å²) in [5.41, 5.74) is 4.29. The van der Waals surface area contributed by atoms with Crippen molar-refractivity contribution in [2.45, 2.75) is 38.8 Å². The number of hydrogen-bond donors (Lipinski definition) is 3. The van der Waals surface area contributed by atoms with E-state index in [0.29, 0.717) is 18.9 Å². The highest BCUT2D eigenvalue weighted by Crippen LogP contribution is 2.30. The molecule has 1 fully saturated rings. The van der Waals surface area contributed by atoms with Gasteiger partial charge in [0.1, 0.15) is 6.61 Å². The molecule has 4 aliphatic heterocycles. The number of carbonyl (C=O) groups excluding carboxylic acids is 1. The minimum atomic E-state index is -0.155. The number of carbonyl (C=O) groups is 1. The van der Waals surface area contributed by atoms with Gasteiger partial charge in [-0.25, -0.2) is 4.79 Å². The Morgan fingerprint density at radius 1 is 1.19 bits per heavy atom. The summed E-state index contributed by atoms with van der Waals surface area (Å²) in [6.45, 7) is 7.26. The number of hydrogen-bond acceptors (Lipinski definition) is 5. The van der Waals surface area contributed by atoms with Gasteiger partial charge in [0.15, 0.2) is 11.6 Å². The molecule has 7 nitrogen and oxygen atoms in total. The molecule has 1 aromatic carbocycles. The maximum absolute atomic E-state index is 13.2. The van der Waals surface area contributed by atoms with Crippen molar-refractivity contribution in [2.75, 3.05) is 31.1 Å². The molecule has 2 unspecified atom stereocenters. The third kappa shape index (κ3) is 4.20. The lowest BCUT2D eigenvalue weighted by Crippen LogP contribution is -2.48. The van der Waals surface area contributed by atoms with Crippen molar-refractivity contribution in [1.82, 2.24) is 20.9 Å². The molecule has 1 aromatic rings. The number of ether oxygens (including phenoxy) is 1. The van der Waals surface area contributed by atoms with Crippen LogP contribution in [0, 0.1) is 0 Å². The van der Waals surface area contributed by atoms with Gasteiger partial charge in [0.2, 0.25) is 0 Å². The van der Waals surface area contributed by atoms with E-state index in [4.69, 9.17) is 4.74 Å². The number of nitrogens with one attached hydrogen (secondary N) is 3. The van der Waals surface area contributed by atoms with Crippen molar-refractivity contribution in [1.29, 1.82) is 0 Å². The predicted molar refractivity (Wildman–Crippen MR) is 126 cm³/mol. The predicted octanol–water partition coefficient (Wildman–Crippen LogP) is 3.48. The van der Waals surface area contributed by atoms with Crippen LogP contribution in [-0.2, 0) is 4.74 Å². The molecule has 2 atom stereocenters. The average molecular weight is 434 g/mol. The van der Waals surface area contributed by atoms with E-state index < -0.39 is 0 Å². The average Bonchev–Trinajstić information content (AvgIpc) is 3.33. The Hall–Kier alpha value is -3.35. The summed E-state index contributed by atoms with van der Waals surface area (Å²) in [6, 6.07) is 8.68. The number of dihydropyridines is 2. The van der Waals surface area contributed by atoms with Crippen molar-refractivity contribution in [3.05, 3.63) is 77.1 Å². The largest absolute Gasteiger partial charge is 0.488 e. The van der Waals surface area contributed by atoms with Crippen molar-refractivity contribution in [3.63, 3.8) is 0 Å². The Bertz CT molecular complexity index is 1020. The van der Waals surface area contributed by atoms with Gasteiger partial charge in [-0.1, -0.05) is 18.2 Å². The molecule has 0 radical (unpaired) electrons. The maximum Gasteiger partial charge on any atom is 0.327 e. The Morgan fingerprint density at radius 2 is 2.03 bits per heavy atom. The first kappa shape index (κ1) is 20.5.